The Morgan fingerprint density at radius 3 is 2.71 bits per heavy atom. The third-order valence-corrected chi connectivity index (χ3v) is 3.17. The topological polar surface area (TPSA) is 90.7 Å². The van der Waals surface area contributed by atoms with E-state index in [-0.39, 0.29) is 25.8 Å². The maximum atomic E-state index is 12.1. The standard InChI is InChI=1S/C17H27BN2O4/c1-5-23-15-7-6-13(19)8-12(15)9-14(20-18-11-21)10-16(22)24-17(2,3)4/h6-8,11,14,18,20H,5,9-10,19H2,1-4H3/t14-/m0/s1. The SMILES string of the molecule is CCOc1ccc(N)cc1C[C@@H](CC(=O)OC(C)(C)C)NBC=O. The lowest BCUT2D eigenvalue weighted by molar-refractivity contribution is -0.155. The van der Waals surface area contributed by atoms with E-state index in [1.807, 2.05) is 39.8 Å². The van der Waals surface area contributed by atoms with Gasteiger partial charge >= 0.3 is 5.97 Å². The van der Waals surface area contributed by atoms with Crippen LogP contribution in [0.15, 0.2) is 18.2 Å². The van der Waals surface area contributed by atoms with Crippen LogP contribution in [0.1, 0.15) is 39.7 Å². The Morgan fingerprint density at radius 1 is 1.42 bits per heavy atom. The van der Waals surface area contributed by atoms with Crippen molar-refractivity contribution < 1.29 is 19.1 Å². The van der Waals surface area contributed by atoms with Crippen molar-refractivity contribution in [3.8, 4) is 5.75 Å². The van der Waals surface area contributed by atoms with Crippen LogP contribution >= 0.6 is 0 Å². The van der Waals surface area contributed by atoms with E-state index in [1.54, 1.807) is 6.07 Å². The van der Waals surface area contributed by atoms with E-state index in [9.17, 15) is 9.59 Å². The van der Waals surface area contributed by atoms with Gasteiger partial charge in [0.25, 0.3) is 7.41 Å². The molecule has 1 atom stereocenters. The minimum Gasteiger partial charge on any atom is -0.494 e. The zero-order valence-corrected chi connectivity index (χ0v) is 14.9. The fourth-order valence-electron chi connectivity index (χ4n) is 2.34. The molecule has 132 valence electrons. The Labute approximate surface area is 144 Å². The van der Waals surface area contributed by atoms with Crippen molar-refractivity contribution in [3.63, 3.8) is 0 Å². The van der Waals surface area contributed by atoms with Gasteiger partial charge in [0.05, 0.1) is 19.2 Å². The fraction of sp³-hybridized carbons (Fsp3) is 0.529. The number of nitrogens with two attached hydrogens (primary N) is 1. The van der Waals surface area contributed by atoms with Gasteiger partial charge in [0.15, 0.2) is 0 Å². The number of nitrogen functional groups attached to an aromatic ring is 1. The third-order valence-electron chi connectivity index (χ3n) is 3.17. The summed E-state index contributed by atoms with van der Waals surface area (Å²) in [6.45, 7) is 7.91. The summed E-state index contributed by atoms with van der Waals surface area (Å²) >= 11 is 0. The average Bonchev–Trinajstić information content (AvgIpc) is 2.45. The number of hydrogen-bond donors (Lipinski definition) is 2. The van der Waals surface area contributed by atoms with Gasteiger partial charge in [-0.3, -0.25) is 4.79 Å². The Hall–Kier alpha value is -2.02. The van der Waals surface area contributed by atoms with E-state index in [2.05, 4.69) is 5.23 Å². The molecule has 0 aliphatic carbocycles. The number of ether oxygens (including phenoxy) is 2. The van der Waals surface area contributed by atoms with E-state index in [0.29, 0.717) is 18.7 Å². The van der Waals surface area contributed by atoms with Crippen LogP contribution in [0, 0.1) is 0 Å². The summed E-state index contributed by atoms with van der Waals surface area (Å²) in [5.41, 5.74) is 6.84. The van der Waals surface area contributed by atoms with Gasteiger partial charge in [0.2, 0.25) is 0 Å². The highest BCUT2D eigenvalue weighted by molar-refractivity contribution is 6.64. The molecule has 0 aliphatic heterocycles. The van der Waals surface area contributed by atoms with Gasteiger partial charge in [0.1, 0.15) is 11.4 Å². The number of hydrogen-bond acceptors (Lipinski definition) is 6. The zero-order valence-electron chi connectivity index (χ0n) is 14.9. The molecule has 1 aromatic carbocycles. The van der Waals surface area contributed by atoms with Gasteiger partial charge in [0, 0.05) is 11.7 Å². The molecule has 0 saturated heterocycles. The number of nitrogens with one attached hydrogen (secondary N) is 1. The summed E-state index contributed by atoms with van der Waals surface area (Å²) in [4.78, 5) is 22.8. The number of anilines is 1. The zero-order chi connectivity index (χ0) is 18.2. The Morgan fingerprint density at radius 2 is 2.12 bits per heavy atom. The maximum Gasteiger partial charge on any atom is 0.307 e. The van der Waals surface area contributed by atoms with Crippen LogP contribution in [-0.2, 0) is 20.7 Å². The second-order valence-electron chi connectivity index (χ2n) is 6.57. The number of benzene rings is 1. The number of carbonyl (C=O) groups excluding carboxylic acids is 2. The molecule has 3 N–H and O–H groups in total. The molecule has 0 radical (unpaired) electrons. The van der Waals surface area contributed by atoms with Crippen LogP contribution in [0.2, 0.25) is 0 Å². The molecule has 24 heavy (non-hydrogen) atoms. The quantitative estimate of drug-likeness (QED) is 0.307. The molecule has 0 saturated carbocycles. The lowest BCUT2D eigenvalue weighted by Gasteiger charge is -2.23. The smallest absolute Gasteiger partial charge is 0.307 e. The first-order chi connectivity index (χ1) is 11.2. The molecular weight excluding hydrogens is 307 g/mol. The highest BCUT2D eigenvalue weighted by Crippen LogP contribution is 2.24. The summed E-state index contributed by atoms with van der Waals surface area (Å²) in [6, 6.07) is 5.18. The van der Waals surface area contributed by atoms with E-state index >= 15 is 0 Å². The highest BCUT2D eigenvalue weighted by atomic mass is 16.6. The molecule has 0 aromatic heterocycles. The minimum atomic E-state index is -0.542. The predicted octanol–water partition coefficient (Wildman–Crippen LogP) is 1.44. The molecule has 1 aromatic rings. The molecule has 6 nitrogen and oxygen atoms in total. The van der Waals surface area contributed by atoms with Crippen LogP contribution in [0.4, 0.5) is 5.69 Å². The number of rotatable bonds is 9. The number of esters is 1. The van der Waals surface area contributed by atoms with Crippen LogP contribution in [0.3, 0.4) is 0 Å². The summed E-state index contributed by atoms with van der Waals surface area (Å²) < 4.78 is 11.0. The van der Waals surface area contributed by atoms with Crippen LogP contribution in [-0.4, -0.2) is 37.8 Å². The summed E-state index contributed by atoms with van der Waals surface area (Å²) in [6.07, 6.45) is 1.43. The van der Waals surface area contributed by atoms with Crippen molar-refractivity contribution in [1.29, 1.82) is 0 Å². The van der Waals surface area contributed by atoms with Gasteiger partial charge in [-0.2, -0.15) is 0 Å². The van der Waals surface area contributed by atoms with Crippen molar-refractivity contribution >= 4 is 25.3 Å². The van der Waals surface area contributed by atoms with Crippen molar-refractivity contribution in [2.45, 2.75) is 52.2 Å². The van der Waals surface area contributed by atoms with Gasteiger partial charge < -0.3 is 25.2 Å². The first kappa shape index (κ1) is 20.0. The van der Waals surface area contributed by atoms with Crippen LogP contribution in [0.5, 0.6) is 5.75 Å². The molecule has 0 aliphatic rings. The summed E-state index contributed by atoms with van der Waals surface area (Å²) in [5, 5.41) is 3.06. The molecule has 0 spiro atoms. The highest BCUT2D eigenvalue weighted by Gasteiger charge is 2.21. The molecule has 0 bridgehead atoms. The lowest BCUT2D eigenvalue weighted by Crippen LogP contribution is -2.38. The molecule has 7 heteroatoms. The van der Waals surface area contributed by atoms with Crippen molar-refractivity contribution in [3.05, 3.63) is 23.8 Å². The Balaban J connectivity index is 2.87. The fourth-order valence-corrected chi connectivity index (χ4v) is 2.34. The van der Waals surface area contributed by atoms with Gasteiger partial charge in [-0.15, -0.1) is 0 Å². The molecule has 0 fully saturated rings. The Bertz CT molecular complexity index is 558. The third kappa shape index (κ3) is 7.50. The van der Waals surface area contributed by atoms with Crippen molar-refractivity contribution in [2.24, 2.45) is 0 Å². The summed E-state index contributed by atoms with van der Waals surface area (Å²) in [5.74, 6) is 0.418. The van der Waals surface area contributed by atoms with Crippen LogP contribution in [0.25, 0.3) is 0 Å². The van der Waals surface area contributed by atoms with E-state index in [1.165, 1.54) is 0 Å². The van der Waals surface area contributed by atoms with Gasteiger partial charge in [-0.25, -0.2) is 0 Å². The van der Waals surface area contributed by atoms with Gasteiger partial charge in [-0.1, -0.05) is 0 Å². The lowest BCUT2D eigenvalue weighted by atomic mass is 9.92. The largest absolute Gasteiger partial charge is 0.494 e. The maximum absolute atomic E-state index is 12.1. The average molecular weight is 334 g/mol. The second-order valence-corrected chi connectivity index (χ2v) is 6.57. The van der Waals surface area contributed by atoms with Crippen LogP contribution < -0.4 is 15.7 Å². The van der Waals surface area contributed by atoms with E-state index in [0.717, 1.165) is 17.5 Å². The molecule has 0 unspecified atom stereocenters. The minimum absolute atomic E-state index is 0.158. The molecular formula is C17H27BN2O4. The van der Waals surface area contributed by atoms with E-state index < -0.39 is 5.60 Å². The normalized spacial score (nSPS) is 12.3. The van der Waals surface area contributed by atoms with Gasteiger partial charge in [-0.05, 0) is 57.9 Å². The predicted molar refractivity (Wildman–Crippen MR) is 97.0 cm³/mol. The van der Waals surface area contributed by atoms with Crippen molar-refractivity contribution in [2.75, 3.05) is 12.3 Å². The van der Waals surface area contributed by atoms with E-state index in [4.69, 9.17) is 15.2 Å². The molecule has 1 rings (SSSR count). The Kier molecular flexibility index (Phi) is 7.78. The summed E-state index contributed by atoms with van der Waals surface area (Å²) in [7, 11) is 0.166. The molecule has 0 heterocycles. The first-order valence-corrected chi connectivity index (χ1v) is 8.15. The molecule has 0 amide bonds. The van der Waals surface area contributed by atoms with Crippen molar-refractivity contribution in [1.82, 2.24) is 5.23 Å². The number of carbonyl (C=O) groups is 2. The first-order valence-electron chi connectivity index (χ1n) is 8.15. The monoisotopic (exact) mass is 334 g/mol. The second kappa shape index (κ2) is 9.32.